The summed E-state index contributed by atoms with van der Waals surface area (Å²) in [5.74, 6) is 9.53. The second-order valence-electron chi connectivity index (χ2n) is 16.8. The molecule has 8 atom stereocenters. The van der Waals surface area contributed by atoms with Crippen LogP contribution in [0.25, 0.3) is 0 Å². The number of carbonyl (C=O) groups is 4. The fraction of sp³-hybridized carbons (Fsp3) is 0.565. The summed E-state index contributed by atoms with van der Waals surface area (Å²) >= 11 is 2.74. The van der Waals surface area contributed by atoms with Gasteiger partial charge in [0.1, 0.15) is 48.6 Å². The van der Waals surface area contributed by atoms with E-state index < -0.39 is 30.2 Å². The van der Waals surface area contributed by atoms with E-state index in [1.165, 1.54) is 23.9 Å². The topological polar surface area (TPSA) is 212 Å². The van der Waals surface area contributed by atoms with E-state index in [0.717, 1.165) is 35.5 Å². The Morgan fingerprint density at radius 3 is 1.75 bits per heavy atom. The van der Waals surface area contributed by atoms with Gasteiger partial charge in [0.15, 0.2) is 0 Å². The molecule has 6 unspecified atom stereocenters. The summed E-state index contributed by atoms with van der Waals surface area (Å²) in [5, 5.41) is 30.3. The van der Waals surface area contributed by atoms with Gasteiger partial charge in [-0.1, -0.05) is 71.7 Å². The maximum Gasteiger partial charge on any atom is 0.248 e. The molecule has 2 fully saturated rings. The maximum atomic E-state index is 14.3. The van der Waals surface area contributed by atoms with Gasteiger partial charge >= 0.3 is 0 Å². The highest BCUT2D eigenvalue weighted by molar-refractivity contribution is 7.97. The molecule has 0 radical (unpaired) electrons. The van der Waals surface area contributed by atoms with Crippen LogP contribution < -0.4 is 20.2 Å². The number of likely N-dealkylation sites (tertiary alicyclic amines) is 2. The number of nitrogens with one attached hydrogen (secondary N) is 2. The Morgan fingerprint density at radius 1 is 0.750 bits per heavy atom. The second kappa shape index (κ2) is 26.1. The van der Waals surface area contributed by atoms with E-state index in [4.69, 9.17) is 9.47 Å². The van der Waals surface area contributed by atoms with Gasteiger partial charge in [-0.2, -0.15) is 0 Å². The van der Waals surface area contributed by atoms with Gasteiger partial charge in [0.25, 0.3) is 0 Å². The number of nitrogens with zero attached hydrogens (tertiary/aromatic N) is 12. The first-order valence-electron chi connectivity index (χ1n) is 23.1. The first kappa shape index (κ1) is 51.6. The third-order valence-corrected chi connectivity index (χ3v) is 14.0. The van der Waals surface area contributed by atoms with E-state index in [2.05, 4.69) is 65.6 Å². The number of carbonyl (C=O) groups excluding carboxylic acids is 4. The van der Waals surface area contributed by atoms with Gasteiger partial charge in [0.05, 0.1) is 60.1 Å². The lowest BCUT2D eigenvalue weighted by molar-refractivity contribution is -0.818. The van der Waals surface area contributed by atoms with Crippen LogP contribution in [0.3, 0.4) is 0 Å². The van der Waals surface area contributed by atoms with Crippen molar-refractivity contribution in [1.29, 1.82) is 0 Å². The molecule has 2 aromatic carbocycles. The minimum atomic E-state index is -0.955. The van der Waals surface area contributed by atoms with Crippen molar-refractivity contribution in [3.8, 4) is 23.7 Å². The molecule has 20 nitrogen and oxygen atoms in total. The zero-order valence-electron chi connectivity index (χ0n) is 39.5. The van der Waals surface area contributed by atoms with Crippen molar-refractivity contribution >= 4 is 47.4 Å². The number of rotatable bonds is 23. The van der Waals surface area contributed by atoms with Crippen LogP contribution in [0.5, 0.6) is 0 Å². The van der Waals surface area contributed by atoms with Crippen molar-refractivity contribution in [2.24, 2.45) is 11.8 Å². The van der Waals surface area contributed by atoms with Crippen molar-refractivity contribution < 1.29 is 38.2 Å². The minimum Gasteiger partial charge on any atom is -0.365 e. The molecule has 2 aliphatic heterocycles. The molecule has 3 amide bonds. The van der Waals surface area contributed by atoms with Crippen molar-refractivity contribution in [2.45, 2.75) is 132 Å². The average molecular weight is 971 g/mol. The Bertz CT molecular complexity index is 2240. The van der Waals surface area contributed by atoms with Crippen molar-refractivity contribution in [1.82, 2.24) is 60.1 Å². The number of likely N-dealkylation sites (N-methyl/N-ethyl adjacent to an activating group) is 1. The van der Waals surface area contributed by atoms with Gasteiger partial charge in [-0.25, -0.2) is 0 Å². The van der Waals surface area contributed by atoms with Crippen molar-refractivity contribution in [3.05, 3.63) is 60.7 Å². The van der Waals surface area contributed by atoms with E-state index in [1.54, 1.807) is 50.7 Å². The zero-order chi connectivity index (χ0) is 48.4. The van der Waals surface area contributed by atoms with Crippen LogP contribution in [0.15, 0.2) is 70.5 Å². The van der Waals surface area contributed by atoms with Crippen LogP contribution in [0.1, 0.15) is 73.1 Å². The van der Waals surface area contributed by atoms with E-state index in [-0.39, 0.29) is 61.1 Å². The Labute approximate surface area is 406 Å². The van der Waals surface area contributed by atoms with E-state index >= 15 is 0 Å². The SMILES string of the molecule is CC[C@@H](C)C(=O)NC(C(=O)N1CCCC1C[n+]1nnnn1Sc1ccccc1)C(C)OCC#CC#CCOC(C)C(CC(=O)[C@H](C)NC)C(=O)N1CCCC1C[n+]1nnnn1Sc1ccccc1. The summed E-state index contributed by atoms with van der Waals surface area (Å²) in [5.41, 5.74) is 0. The minimum absolute atomic E-state index is 0.00430. The summed E-state index contributed by atoms with van der Waals surface area (Å²) in [6.45, 7) is 10.8. The van der Waals surface area contributed by atoms with Crippen LogP contribution in [0, 0.1) is 35.5 Å². The van der Waals surface area contributed by atoms with Crippen LogP contribution in [0.2, 0.25) is 0 Å². The Hall–Kier alpha value is -5.78. The molecule has 22 heteroatoms. The Morgan fingerprint density at radius 2 is 1.25 bits per heavy atom. The predicted molar refractivity (Wildman–Crippen MR) is 250 cm³/mol. The molecule has 4 aromatic rings. The van der Waals surface area contributed by atoms with Crippen LogP contribution in [0.4, 0.5) is 0 Å². The number of amides is 3. The highest BCUT2D eigenvalue weighted by Crippen LogP contribution is 2.26. The molecule has 362 valence electrons. The van der Waals surface area contributed by atoms with Crippen LogP contribution >= 0.6 is 23.9 Å². The molecule has 0 bridgehead atoms. The van der Waals surface area contributed by atoms with Crippen LogP contribution in [-0.4, -0.2) is 143 Å². The predicted octanol–water partition coefficient (Wildman–Crippen LogP) is 1.56. The molecular formula is C46H62N14O6S2+2. The quantitative estimate of drug-likeness (QED) is 0.0798. The van der Waals surface area contributed by atoms with E-state index in [1.807, 2.05) is 79.4 Å². The zero-order valence-corrected chi connectivity index (χ0v) is 41.1. The molecule has 0 spiro atoms. The smallest absolute Gasteiger partial charge is 0.248 e. The first-order valence-corrected chi connectivity index (χ1v) is 24.7. The summed E-state index contributed by atoms with van der Waals surface area (Å²) in [6, 6.07) is 17.7. The number of hydrogen-bond donors (Lipinski definition) is 2. The standard InChI is InChI=1S/C46H61N14O6S2/c1-7-33(2)44(62)48-43(46(64)56-27-19-21-38(56)32-58-52-50-54-60(58)68-40-24-14-11-15-25-40)36(5)66-29-17-9-8-16-28-65-35(4)41(30-42(61)34(3)47-6)45(63)55-26-18-20-37(55)31-57-51-49-53-59(57)67-39-22-12-10-13-23-39/h10-15,22-25,33-38,41,43,47H,7,18-21,26-32H2,1-6H3/q+1/p+1/t33-,34+,35?,36?,37?,38?,41?,43?/m1/s1. The summed E-state index contributed by atoms with van der Waals surface area (Å²) in [7, 11) is 1.71. The molecule has 68 heavy (non-hydrogen) atoms. The Balaban J connectivity index is 1.04. The van der Waals surface area contributed by atoms with Gasteiger partial charge < -0.3 is 29.9 Å². The Kier molecular flexibility index (Phi) is 19.8. The number of benzene rings is 2. The summed E-state index contributed by atoms with van der Waals surface area (Å²) in [6.07, 6.45) is 2.37. The number of ketones is 1. The monoisotopic (exact) mass is 970 g/mol. The first-order chi connectivity index (χ1) is 33.0. The normalized spacial score (nSPS) is 18.3. The second-order valence-corrected chi connectivity index (χ2v) is 18.8. The van der Waals surface area contributed by atoms with Gasteiger partial charge in [0, 0.05) is 43.6 Å². The summed E-state index contributed by atoms with van der Waals surface area (Å²) < 4.78 is 15.3. The molecule has 6 rings (SSSR count). The third-order valence-electron chi connectivity index (χ3n) is 12.2. The van der Waals surface area contributed by atoms with Gasteiger partial charge in [0.2, 0.25) is 38.6 Å². The summed E-state index contributed by atoms with van der Waals surface area (Å²) in [4.78, 5) is 63.8. The largest absolute Gasteiger partial charge is 0.365 e. The lowest BCUT2D eigenvalue weighted by Crippen LogP contribution is -2.59. The van der Waals surface area contributed by atoms with E-state index in [9.17, 15) is 19.2 Å². The molecular weight excluding hydrogens is 909 g/mol. The van der Waals surface area contributed by atoms with Gasteiger partial charge in [-0.3, -0.25) is 19.2 Å². The molecule has 0 aliphatic carbocycles. The molecule has 2 aliphatic rings. The van der Waals surface area contributed by atoms with Crippen LogP contribution in [-0.2, 0) is 41.7 Å². The number of hydrogen-bond acceptors (Lipinski definition) is 15. The maximum absolute atomic E-state index is 14.3. The fourth-order valence-corrected chi connectivity index (χ4v) is 9.30. The lowest BCUT2D eigenvalue weighted by atomic mass is 9.92. The van der Waals surface area contributed by atoms with Crippen molar-refractivity contribution in [3.63, 3.8) is 0 Å². The lowest BCUT2D eigenvalue weighted by Gasteiger charge is -2.31. The van der Waals surface area contributed by atoms with Gasteiger partial charge in [-0.15, -0.1) is 0 Å². The molecule has 4 heterocycles. The molecule has 2 N–H and O–H groups in total. The molecule has 2 saturated heterocycles. The highest BCUT2D eigenvalue weighted by Gasteiger charge is 2.41. The molecule has 0 saturated carbocycles. The average Bonchev–Trinajstić information content (AvgIpc) is 4.20. The highest BCUT2D eigenvalue weighted by atomic mass is 32.2. The van der Waals surface area contributed by atoms with Crippen molar-refractivity contribution in [2.75, 3.05) is 33.4 Å². The van der Waals surface area contributed by atoms with Gasteiger partial charge in [-0.05, 0) is 96.0 Å². The number of aromatic nitrogens is 10. The fourth-order valence-electron chi connectivity index (χ4n) is 7.84. The van der Waals surface area contributed by atoms with E-state index in [0.29, 0.717) is 32.6 Å². The number of ether oxygens (including phenoxy) is 2. The third kappa shape index (κ3) is 14.4. The number of Topliss-reactive ketones (excluding diaryl/α,β-unsaturated/α-hetero) is 1. The molecule has 2 aromatic heterocycles.